The molecule has 0 unspecified atom stereocenters. The van der Waals surface area contributed by atoms with Crippen molar-refractivity contribution in [2.75, 3.05) is 0 Å². The van der Waals surface area contributed by atoms with E-state index in [-0.39, 0.29) is 11.6 Å². The van der Waals surface area contributed by atoms with Crippen LogP contribution < -0.4 is 0 Å². The molecule has 3 heteroatoms. The zero-order valence-electron chi connectivity index (χ0n) is 21.0. The number of carbonyl (C=O) groups excluding carboxylic acids is 2. The fourth-order valence-electron chi connectivity index (χ4n) is 5.34. The predicted molar refractivity (Wildman–Crippen MR) is 149 cm³/mol. The Morgan fingerprint density at radius 2 is 0.946 bits per heavy atom. The van der Waals surface area contributed by atoms with Crippen LogP contribution in [0.4, 0.5) is 0 Å². The van der Waals surface area contributed by atoms with Gasteiger partial charge in [-0.1, -0.05) is 105 Å². The highest BCUT2D eigenvalue weighted by Gasteiger charge is 2.39. The van der Waals surface area contributed by atoms with Crippen molar-refractivity contribution in [3.05, 3.63) is 137 Å². The van der Waals surface area contributed by atoms with E-state index in [0.717, 1.165) is 41.0 Å². The molecule has 6 rings (SSSR count). The van der Waals surface area contributed by atoms with Crippen molar-refractivity contribution in [3.8, 4) is 28.2 Å². The Kier molecular flexibility index (Phi) is 5.69. The van der Waals surface area contributed by atoms with Gasteiger partial charge in [0, 0.05) is 16.8 Å². The summed E-state index contributed by atoms with van der Waals surface area (Å²) in [6.45, 7) is 4.26. The highest BCUT2D eigenvalue weighted by Crippen LogP contribution is 2.44. The van der Waals surface area contributed by atoms with Gasteiger partial charge in [-0.15, -0.1) is 0 Å². The summed E-state index contributed by atoms with van der Waals surface area (Å²) >= 11 is 0. The van der Waals surface area contributed by atoms with Crippen LogP contribution in [0.5, 0.6) is 0 Å². The van der Waals surface area contributed by atoms with Gasteiger partial charge < -0.3 is 4.57 Å². The molecule has 0 radical (unpaired) electrons. The first kappa shape index (κ1) is 22.9. The van der Waals surface area contributed by atoms with Gasteiger partial charge in [-0.3, -0.25) is 9.59 Å². The van der Waals surface area contributed by atoms with Crippen LogP contribution >= 0.6 is 0 Å². The van der Waals surface area contributed by atoms with E-state index in [2.05, 4.69) is 66.9 Å². The molecule has 37 heavy (non-hydrogen) atoms. The lowest BCUT2D eigenvalue weighted by Crippen LogP contribution is -2.20. The number of benzene rings is 4. The molecule has 180 valence electrons. The zero-order valence-corrected chi connectivity index (χ0v) is 21.0. The van der Waals surface area contributed by atoms with Crippen LogP contribution in [0.2, 0.25) is 0 Å². The second-order valence-electron chi connectivity index (χ2n) is 9.42. The third kappa shape index (κ3) is 3.66. The number of carbonyl (C=O) groups is 2. The standard InChI is InChI=1S/C34H27NO2/c1-3-22-14-18-25(19-15-22)32-30-29(33(36)27-12-8-9-13-28(27)34(30)37)31(24-10-6-5-7-11-24)35(32)26-20-16-23(4-2)17-21-26/h5-21H,3-4H2,1-2H3. The molecule has 1 heterocycles. The van der Waals surface area contributed by atoms with Crippen LogP contribution in [-0.4, -0.2) is 16.1 Å². The van der Waals surface area contributed by atoms with Gasteiger partial charge in [-0.05, 0) is 47.2 Å². The van der Waals surface area contributed by atoms with Gasteiger partial charge in [0.25, 0.3) is 0 Å². The van der Waals surface area contributed by atoms with Crippen molar-refractivity contribution in [2.24, 2.45) is 0 Å². The fourth-order valence-corrected chi connectivity index (χ4v) is 5.34. The highest BCUT2D eigenvalue weighted by molar-refractivity contribution is 6.32. The summed E-state index contributed by atoms with van der Waals surface area (Å²) in [6.07, 6.45) is 1.86. The number of aromatic nitrogens is 1. The van der Waals surface area contributed by atoms with Crippen LogP contribution in [0, 0.1) is 0 Å². The third-order valence-electron chi connectivity index (χ3n) is 7.33. The minimum atomic E-state index is -0.112. The van der Waals surface area contributed by atoms with Crippen molar-refractivity contribution >= 4 is 11.6 Å². The highest BCUT2D eigenvalue weighted by atomic mass is 16.1. The maximum Gasteiger partial charge on any atom is 0.196 e. The average Bonchev–Trinajstić information content (AvgIpc) is 3.33. The van der Waals surface area contributed by atoms with Gasteiger partial charge in [0.15, 0.2) is 11.6 Å². The first-order chi connectivity index (χ1) is 18.1. The summed E-state index contributed by atoms with van der Waals surface area (Å²) < 4.78 is 2.11. The quantitative estimate of drug-likeness (QED) is 0.253. The second-order valence-corrected chi connectivity index (χ2v) is 9.42. The normalized spacial score (nSPS) is 12.4. The number of fused-ring (bicyclic) bond motifs is 2. The van der Waals surface area contributed by atoms with Crippen molar-refractivity contribution in [1.82, 2.24) is 4.57 Å². The lowest BCUT2D eigenvalue weighted by molar-refractivity contribution is 0.0981. The maximum atomic E-state index is 14.1. The second kappa shape index (κ2) is 9.18. The summed E-state index contributed by atoms with van der Waals surface area (Å²) in [4.78, 5) is 28.2. The lowest BCUT2D eigenvalue weighted by atomic mass is 9.82. The number of rotatable bonds is 5. The van der Waals surface area contributed by atoms with Crippen LogP contribution in [0.25, 0.3) is 28.2 Å². The van der Waals surface area contributed by atoms with Crippen molar-refractivity contribution in [3.63, 3.8) is 0 Å². The fraction of sp³-hybridized carbons (Fsp3) is 0.118. The molecule has 0 spiro atoms. The number of hydrogen-bond acceptors (Lipinski definition) is 2. The summed E-state index contributed by atoms with van der Waals surface area (Å²) in [7, 11) is 0. The molecule has 4 aromatic carbocycles. The topological polar surface area (TPSA) is 39.1 Å². The first-order valence-corrected chi connectivity index (χ1v) is 12.8. The van der Waals surface area contributed by atoms with E-state index in [1.807, 2.05) is 42.5 Å². The summed E-state index contributed by atoms with van der Waals surface area (Å²) in [5, 5.41) is 0. The Bertz CT molecular complexity index is 1640. The van der Waals surface area contributed by atoms with Gasteiger partial charge in [0.1, 0.15) is 0 Å². The van der Waals surface area contributed by atoms with E-state index in [1.165, 1.54) is 11.1 Å². The maximum absolute atomic E-state index is 14.1. The molecule has 0 N–H and O–H groups in total. The van der Waals surface area contributed by atoms with E-state index in [1.54, 1.807) is 12.1 Å². The molecule has 0 bridgehead atoms. The van der Waals surface area contributed by atoms with E-state index < -0.39 is 0 Å². The first-order valence-electron chi connectivity index (χ1n) is 12.8. The molecular weight excluding hydrogens is 454 g/mol. The third-order valence-corrected chi connectivity index (χ3v) is 7.33. The Labute approximate surface area is 217 Å². The van der Waals surface area contributed by atoms with Crippen LogP contribution in [0.3, 0.4) is 0 Å². The molecule has 3 nitrogen and oxygen atoms in total. The average molecular weight is 482 g/mol. The van der Waals surface area contributed by atoms with E-state index in [9.17, 15) is 9.59 Å². The van der Waals surface area contributed by atoms with Crippen molar-refractivity contribution in [1.29, 1.82) is 0 Å². The molecule has 0 saturated heterocycles. The molecule has 1 aromatic heterocycles. The van der Waals surface area contributed by atoms with Crippen LogP contribution in [0.15, 0.2) is 103 Å². The van der Waals surface area contributed by atoms with Gasteiger partial charge in [-0.25, -0.2) is 0 Å². The molecule has 0 saturated carbocycles. The molecular formula is C34H27NO2. The number of aryl methyl sites for hydroxylation is 2. The van der Waals surface area contributed by atoms with E-state index in [0.29, 0.717) is 22.3 Å². The Morgan fingerprint density at radius 3 is 1.43 bits per heavy atom. The summed E-state index contributed by atoms with van der Waals surface area (Å²) in [5.74, 6) is -0.222. The molecule has 0 amide bonds. The molecule has 5 aromatic rings. The van der Waals surface area contributed by atoms with Gasteiger partial charge in [0.05, 0.1) is 22.5 Å². The molecule has 1 aliphatic carbocycles. The molecule has 0 atom stereocenters. The number of hydrogen-bond donors (Lipinski definition) is 0. The van der Waals surface area contributed by atoms with Gasteiger partial charge >= 0.3 is 0 Å². The summed E-state index contributed by atoms with van der Waals surface area (Å²) in [5.41, 5.74) is 8.57. The molecule has 0 fully saturated rings. The minimum Gasteiger partial charge on any atom is -0.308 e. The Hall–Kier alpha value is -4.50. The number of nitrogens with zero attached hydrogens (tertiary/aromatic N) is 1. The molecule has 1 aliphatic rings. The predicted octanol–water partition coefficient (Wildman–Crippen LogP) is 7.71. The van der Waals surface area contributed by atoms with E-state index >= 15 is 0 Å². The SMILES string of the molecule is CCc1ccc(-c2c3c(c(-c4ccccc4)n2-c2ccc(CC)cc2)C(=O)c2ccccc2C3=O)cc1. The van der Waals surface area contributed by atoms with Gasteiger partial charge in [0.2, 0.25) is 0 Å². The van der Waals surface area contributed by atoms with Crippen molar-refractivity contribution in [2.45, 2.75) is 26.7 Å². The van der Waals surface area contributed by atoms with E-state index in [4.69, 9.17) is 0 Å². The minimum absolute atomic E-state index is 0.110. The smallest absolute Gasteiger partial charge is 0.196 e. The van der Waals surface area contributed by atoms with Crippen LogP contribution in [0.1, 0.15) is 56.8 Å². The van der Waals surface area contributed by atoms with Crippen molar-refractivity contribution < 1.29 is 9.59 Å². The molecule has 0 aliphatic heterocycles. The Balaban J connectivity index is 1.76. The van der Waals surface area contributed by atoms with Gasteiger partial charge in [-0.2, -0.15) is 0 Å². The largest absolute Gasteiger partial charge is 0.308 e. The monoisotopic (exact) mass is 481 g/mol. The summed E-state index contributed by atoms with van der Waals surface area (Å²) in [6, 6.07) is 33.8. The number of ketones is 2. The zero-order chi connectivity index (χ0) is 25.5. The van der Waals surface area contributed by atoms with Crippen LogP contribution in [-0.2, 0) is 12.8 Å². The lowest BCUT2D eigenvalue weighted by Gasteiger charge is -2.16. The Morgan fingerprint density at radius 1 is 0.514 bits per heavy atom.